The van der Waals surface area contributed by atoms with Gasteiger partial charge in [0.2, 0.25) is 11.7 Å². The summed E-state index contributed by atoms with van der Waals surface area (Å²) in [6, 6.07) is 11.3. The number of esters is 2. The molecule has 0 unspecified atom stereocenters. The Morgan fingerprint density at radius 3 is 2.36 bits per heavy atom. The molecule has 1 aliphatic heterocycles. The van der Waals surface area contributed by atoms with Crippen LogP contribution in [0.25, 0.3) is 0 Å². The molecule has 9 heteroatoms. The predicted octanol–water partition coefficient (Wildman–Crippen LogP) is 4.95. The van der Waals surface area contributed by atoms with E-state index in [9.17, 15) is 23.6 Å². The number of amides is 1. The van der Waals surface area contributed by atoms with Gasteiger partial charge in [-0.2, -0.15) is 0 Å². The van der Waals surface area contributed by atoms with Gasteiger partial charge in [-0.05, 0) is 55.0 Å². The van der Waals surface area contributed by atoms with Crippen LogP contribution in [-0.2, 0) is 19.1 Å². The van der Waals surface area contributed by atoms with Crippen LogP contribution < -0.4 is 4.90 Å². The second kappa shape index (κ2) is 13.2. The zero-order valence-electron chi connectivity index (χ0n) is 20.1. The average molecular weight is 518 g/mol. The first-order valence-electron chi connectivity index (χ1n) is 12.0. The maximum absolute atomic E-state index is 13.2. The Morgan fingerprint density at radius 2 is 1.72 bits per heavy atom. The SMILES string of the molecule is CCCCCOC(=O)c1ccc(N2C[C@@H](C(=O)O[C@H](CCCl)C(=O)c3ccc(F)cc3)CC2=O)cc1. The van der Waals surface area contributed by atoms with Crippen molar-refractivity contribution in [3.05, 3.63) is 65.5 Å². The number of nitrogens with zero attached hydrogens (tertiary/aromatic N) is 1. The monoisotopic (exact) mass is 517 g/mol. The summed E-state index contributed by atoms with van der Waals surface area (Å²) in [5, 5.41) is 0. The van der Waals surface area contributed by atoms with Gasteiger partial charge in [0.05, 0.1) is 18.1 Å². The fourth-order valence-electron chi connectivity index (χ4n) is 3.87. The molecule has 36 heavy (non-hydrogen) atoms. The maximum atomic E-state index is 13.2. The first kappa shape index (κ1) is 27.3. The second-order valence-corrected chi connectivity index (χ2v) is 8.95. The summed E-state index contributed by atoms with van der Waals surface area (Å²) < 4.78 is 23.9. The number of benzene rings is 2. The maximum Gasteiger partial charge on any atom is 0.338 e. The number of anilines is 1. The molecule has 7 nitrogen and oxygen atoms in total. The van der Waals surface area contributed by atoms with Gasteiger partial charge in [0.25, 0.3) is 0 Å². The summed E-state index contributed by atoms with van der Waals surface area (Å²) in [6.45, 7) is 2.50. The van der Waals surface area contributed by atoms with Gasteiger partial charge >= 0.3 is 11.9 Å². The number of carbonyl (C=O) groups excluding carboxylic acids is 4. The summed E-state index contributed by atoms with van der Waals surface area (Å²) in [7, 11) is 0. The molecule has 2 aromatic rings. The number of ketones is 1. The lowest BCUT2D eigenvalue weighted by Gasteiger charge is -2.19. The first-order chi connectivity index (χ1) is 17.3. The summed E-state index contributed by atoms with van der Waals surface area (Å²) in [4.78, 5) is 51.8. The van der Waals surface area contributed by atoms with Gasteiger partial charge in [-0.3, -0.25) is 14.4 Å². The molecule has 1 fully saturated rings. The van der Waals surface area contributed by atoms with Crippen molar-refractivity contribution in [3.8, 4) is 0 Å². The number of alkyl halides is 1. The van der Waals surface area contributed by atoms with Crippen molar-refractivity contribution >= 4 is 40.9 Å². The Bertz CT molecular complexity index is 1070. The van der Waals surface area contributed by atoms with Crippen LogP contribution in [0.3, 0.4) is 0 Å². The van der Waals surface area contributed by atoms with Gasteiger partial charge in [-0.25, -0.2) is 9.18 Å². The molecule has 1 aliphatic rings. The minimum Gasteiger partial charge on any atom is -0.462 e. The molecule has 3 rings (SSSR count). The topological polar surface area (TPSA) is 90.0 Å². The van der Waals surface area contributed by atoms with Crippen LogP contribution in [0.5, 0.6) is 0 Å². The van der Waals surface area contributed by atoms with Crippen molar-refractivity contribution in [2.45, 2.75) is 45.1 Å². The Balaban J connectivity index is 1.60. The van der Waals surface area contributed by atoms with Crippen LogP contribution in [0, 0.1) is 11.7 Å². The van der Waals surface area contributed by atoms with Crippen molar-refractivity contribution in [3.63, 3.8) is 0 Å². The van der Waals surface area contributed by atoms with Gasteiger partial charge in [0, 0.05) is 36.5 Å². The molecule has 0 N–H and O–H groups in total. The number of carbonyl (C=O) groups is 4. The lowest BCUT2D eigenvalue weighted by Crippen LogP contribution is -2.32. The minimum absolute atomic E-state index is 0.0710. The number of ether oxygens (including phenoxy) is 2. The van der Waals surface area contributed by atoms with E-state index in [1.807, 2.05) is 0 Å². The van der Waals surface area contributed by atoms with Crippen molar-refractivity contribution in [2.24, 2.45) is 5.92 Å². The zero-order valence-corrected chi connectivity index (χ0v) is 20.8. The van der Waals surface area contributed by atoms with Crippen molar-refractivity contribution < 1.29 is 33.0 Å². The lowest BCUT2D eigenvalue weighted by molar-refractivity contribution is -0.151. The van der Waals surface area contributed by atoms with E-state index in [2.05, 4.69) is 6.92 Å². The number of halogens is 2. The van der Waals surface area contributed by atoms with Crippen molar-refractivity contribution in [1.82, 2.24) is 0 Å². The van der Waals surface area contributed by atoms with Crippen LogP contribution in [0.2, 0.25) is 0 Å². The second-order valence-electron chi connectivity index (χ2n) is 8.57. The highest BCUT2D eigenvalue weighted by Crippen LogP contribution is 2.27. The molecule has 1 amide bonds. The molecule has 2 aromatic carbocycles. The Hall–Kier alpha value is -3.26. The number of Topliss-reactive ketones (excluding diaryl/α,β-unsaturated/α-hetero) is 1. The van der Waals surface area contributed by atoms with Gasteiger partial charge in [0.1, 0.15) is 5.82 Å². The Labute approximate surface area is 214 Å². The summed E-state index contributed by atoms with van der Waals surface area (Å²) in [5.41, 5.74) is 1.12. The van der Waals surface area contributed by atoms with Crippen LogP contribution in [0.4, 0.5) is 10.1 Å². The molecular formula is C27H29ClFNO6. The van der Waals surface area contributed by atoms with Crippen molar-refractivity contribution in [1.29, 1.82) is 0 Å². The molecule has 0 saturated carbocycles. The zero-order chi connectivity index (χ0) is 26.1. The average Bonchev–Trinajstić information content (AvgIpc) is 3.28. The van der Waals surface area contributed by atoms with Crippen LogP contribution >= 0.6 is 11.6 Å². The van der Waals surface area contributed by atoms with Crippen LogP contribution in [-0.4, -0.2) is 48.8 Å². The number of hydrogen-bond donors (Lipinski definition) is 0. The highest BCUT2D eigenvalue weighted by molar-refractivity contribution is 6.18. The summed E-state index contributed by atoms with van der Waals surface area (Å²) in [6.07, 6.45) is 1.71. The Morgan fingerprint density at radius 1 is 1.06 bits per heavy atom. The number of rotatable bonds is 12. The van der Waals surface area contributed by atoms with Gasteiger partial charge in [0.15, 0.2) is 6.10 Å². The summed E-state index contributed by atoms with van der Waals surface area (Å²) in [5.74, 6) is -3.04. The number of hydrogen-bond acceptors (Lipinski definition) is 6. The molecule has 0 radical (unpaired) electrons. The van der Waals surface area contributed by atoms with E-state index < -0.39 is 35.6 Å². The molecular weight excluding hydrogens is 489 g/mol. The molecule has 1 saturated heterocycles. The molecule has 0 aliphatic carbocycles. The molecule has 0 aromatic heterocycles. The highest BCUT2D eigenvalue weighted by atomic mass is 35.5. The third kappa shape index (κ3) is 7.13. The van der Waals surface area contributed by atoms with E-state index in [4.69, 9.17) is 21.1 Å². The molecule has 1 heterocycles. The molecule has 0 spiro atoms. The third-order valence-electron chi connectivity index (χ3n) is 5.90. The quantitative estimate of drug-likeness (QED) is 0.171. The highest BCUT2D eigenvalue weighted by Gasteiger charge is 2.38. The Kier molecular flexibility index (Phi) is 9.99. The van der Waals surface area contributed by atoms with Gasteiger partial charge in [-0.15, -0.1) is 11.6 Å². The fraction of sp³-hybridized carbons (Fsp3) is 0.407. The van der Waals surface area contributed by atoms with Gasteiger partial charge in [-0.1, -0.05) is 19.8 Å². The third-order valence-corrected chi connectivity index (χ3v) is 6.12. The van der Waals surface area contributed by atoms with E-state index in [0.29, 0.717) is 17.9 Å². The van der Waals surface area contributed by atoms with E-state index in [1.54, 1.807) is 24.3 Å². The van der Waals surface area contributed by atoms with Crippen LogP contribution in [0.15, 0.2) is 48.5 Å². The van der Waals surface area contributed by atoms with E-state index in [1.165, 1.54) is 17.0 Å². The number of unbranched alkanes of at least 4 members (excludes halogenated alkanes) is 2. The predicted molar refractivity (Wildman–Crippen MR) is 133 cm³/mol. The van der Waals surface area contributed by atoms with Crippen LogP contribution in [0.1, 0.15) is 59.7 Å². The standard InChI is InChI=1S/C27H29ClFNO6/c1-2-3-4-15-35-26(33)19-7-11-22(12-8-19)30-17-20(16-24(30)31)27(34)36-23(13-14-28)25(32)18-5-9-21(29)10-6-18/h5-12,20,23H,2-4,13-17H2,1H3/t20-,23+/m0/s1. The fourth-order valence-corrected chi connectivity index (χ4v) is 4.07. The van der Waals surface area contributed by atoms with E-state index in [0.717, 1.165) is 31.4 Å². The van der Waals surface area contributed by atoms with E-state index in [-0.39, 0.29) is 36.7 Å². The lowest BCUT2D eigenvalue weighted by atomic mass is 10.0. The molecule has 0 bridgehead atoms. The van der Waals surface area contributed by atoms with Crippen molar-refractivity contribution in [2.75, 3.05) is 23.9 Å². The first-order valence-corrected chi connectivity index (χ1v) is 12.5. The largest absolute Gasteiger partial charge is 0.462 e. The van der Waals surface area contributed by atoms with Gasteiger partial charge < -0.3 is 14.4 Å². The molecule has 192 valence electrons. The minimum atomic E-state index is -1.13. The normalized spacial score (nSPS) is 16.0. The smallest absolute Gasteiger partial charge is 0.338 e. The molecule has 2 atom stereocenters. The summed E-state index contributed by atoms with van der Waals surface area (Å²) >= 11 is 5.80. The van der Waals surface area contributed by atoms with E-state index >= 15 is 0 Å².